The highest BCUT2D eigenvalue weighted by atomic mass is 16.3. The summed E-state index contributed by atoms with van der Waals surface area (Å²) < 4.78 is 0. The molecular formula is C12H21N5O. The predicted molar refractivity (Wildman–Crippen MR) is 71.2 cm³/mol. The van der Waals surface area contributed by atoms with E-state index in [0.29, 0.717) is 11.6 Å². The third-order valence-corrected chi connectivity index (χ3v) is 3.53. The van der Waals surface area contributed by atoms with E-state index in [-0.39, 0.29) is 12.1 Å². The van der Waals surface area contributed by atoms with Crippen molar-refractivity contribution in [1.82, 2.24) is 9.97 Å². The normalized spacial score (nSPS) is 23.8. The Kier molecular flexibility index (Phi) is 3.98. The molecular weight excluding hydrogens is 230 g/mol. The van der Waals surface area contributed by atoms with Crippen LogP contribution in [0.3, 0.4) is 0 Å². The molecule has 0 aromatic carbocycles. The smallest absolute Gasteiger partial charge is 0.145 e. The van der Waals surface area contributed by atoms with Crippen LogP contribution in [-0.2, 0) is 0 Å². The molecule has 6 heteroatoms. The number of hydrogen-bond acceptors (Lipinski definition) is 6. The monoisotopic (exact) mass is 251 g/mol. The summed E-state index contributed by atoms with van der Waals surface area (Å²) in [6, 6.07) is 1.92. The second-order valence-corrected chi connectivity index (χ2v) is 4.83. The Morgan fingerprint density at radius 1 is 1.39 bits per heavy atom. The number of aliphatic hydroxyl groups excluding tert-OH is 1. The second-order valence-electron chi connectivity index (χ2n) is 4.83. The zero-order valence-electron chi connectivity index (χ0n) is 10.9. The van der Waals surface area contributed by atoms with Crippen LogP contribution in [-0.4, -0.2) is 34.3 Å². The summed E-state index contributed by atoms with van der Waals surface area (Å²) in [7, 11) is 1.96. The molecule has 0 bridgehead atoms. The predicted octanol–water partition coefficient (Wildman–Crippen LogP) is 0.810. The number of nitrogens with zero attached hydrogens (tertiary/aromatic N) is 3. The maximum atomic E-state index is 10.1. The number of nitrogens with one attached hydrogen (secondary N) is 1. The second kappa shape index (κ2) is 5.49. The summed E-state index contributed by atoms with van der Waals surface area (Å²) in [5.74, 6) is 7.43. The van der Waals surface area contributed by atoms with Crippen molar-refractivity contribution in [2.75, 3.05) is 17.4 Å². The van der Waals surface area contributed by atoms with Gasteiger partial charge < -0.3 is 15.4 Å². The van der Waals surface area contributed by atoms with Crippen LogP contribution in [0.1, 0.15) is 31.5 Å². The largest absolute Gasteiger partial charge is 0.391 e. The van der Waals surface area contributed by atoms with E-state index in [1.54, 1.807) is 6.07 Å². The first kappa shape index (κ1) is 13.0. The number of hydrazine groups is 1. The van der Waals surface area contributed by atoms with Gasteiger partial charge in [0.1, 0.15) is 17.5 Å². The lowest BCUT2D eigenvalue weighted by molar-refractivity contribution is 0.106. The standard InChI is InChI=1S/C12H21N5O/c1-8-14-11(16-13)7-12(15-8)17(2)9-5-3-4-6-10(9)18/h7,9-10,18H,3-6,13H2,1-2H3,(H,14,15,16). The van der Waals surface area contributed by atoms with E-state index < -0.39 is 0 Å². The number of aromatic nitrogens is 2. The summed E-state index contributed by atoms with van der Waals surface area (Å²) in [6.07, 6.45) is 3.82. The van der Waals surface area contributed by atoms with Crippen LogP contribution < -0.4 is 16.2 Å². The molecule has 2 unspecified atom stereocenters. The summed E-state index contributed by atoms with van der Waals surface area (Å²) >= 11 is 0. The fraction of sp³-hybridized carbons (Fsp3) is 0.667. The van der Waals surface area contributed by atoms with Gasteiger partial charge in [0, 0.05) is 13.1 Å². The van der Waals surface area contributed by atoms with Gasteiger partial charge in [-0.2, -0.15) is 0 Å². The van der Waals surface area contributed by atoms with Crippen LogP contribution >= 0.6 is 0 Å². The quantitative estimate of drug-likeness (QED) is 0.544. The van der Waals surface area contributed by atoms with Gasteiger partial charge in [0.05, 0.1) is 12.1 Å². The van der Waals surface area contributed by atoms with Crippen molar-refractivity contribution in [3.63, 3.8) is 0 Å². The van der Waals surface area contributed by atoms with Crippen LogP contribution in [0.15, 0.2) is 6.07 Å². The first-order chi connectivity index (χ1) is 8.61. The maximum absolute atomic E-state index is 10.1. The third kappa shape index (κ3) is 2.70. The number of rotatable bonds is 3. The van der Waals surface area contributed by atoms with E-state index in [9.17, 15) is 5.11 Å². The SMILES string of the molecule is Cc1nc(NN)cc(N(C)C2CCCCC2O)n1. The molecule has 1 aromatic heterocycles. The van der Waals surface area contributed by atoms with Crippen molar-refractivity contribution < 1.29 is 5.11 Å². The summed E-state index contributed by atoms with van der Waals surface area (Å²) in [4.78, 5) is 10.6. The minimum atomic E-state index is -0.284. The summed E-state index contributed by atoms with van der Waals surface area (Å²) in [6.45, 7) is 1.83. The van der Waals surface area contributed by atoms with Crippen LogP contribution in [0, 0.1) is 6.92 Å². The molecule has 0 amide bonds. The Labute approximate surface area is 107 Å². The molecule has 100 valence electrons. The van der Waals surface area contributed by atoms with E-state index >= 15 is 0 Å². The lowest BCUT2D eigenvalue weighted by atomic mass is 9.91. The highest BCUT2D eigenvalue weighted by Gasteiger charge is 2.27. The fourth-order valence-corrected chi connectivity index (χ4v) is 2.52. The van der Waals surface area contributed by atoms with Gasteiger partial charge in [-0.15, -0.1) is 0 Å². The minimum Gasteiger partial charge on any atom is -0.391 e. The molecule has 1 fully saturated rings. The molecule has 1 aliphatic carbocycles. The molecule has 0 aliphatic heterocycles. The number of nitrogens with two attached hydrogens (primary N) is 1. The van der Waals surface area contributed by atoms with Crippen LogP contribution in [0.5, 0.6) is 0 Å². The molecule has 0 radical (unpaired) electrons. The van der Waals surface area contributed by atoms with Crippen molar-refractivity contribution in [3.05, 3.63) is 11.9 Å². The average Bonchev–Trinajstić information content (AvgIpc) is 2.37. The molecule has 6 nitrogen and oxygen atoms in total. The minimum absolute atomic E-state index is 0.124. The van der Waals surface area contributed by atoms with E-state index in [2.05, 4.69) is 15.4 Å². The van der Waals surface area contributed by atoms with E-state index in [1.807, 2.05) is 18.9 Å². The number of aryl methyl sites for hydroxylation is 1. The molecule has 1 aliphatic rings. The Hall–Kier alpha value is -1.40. The van der Waals surface area contributed by atoms with E-state index in [0.717, 1.165) is 31.5 Å². The Morgan fingerprint density at radius 2 is 2.11 bits per heavy atom. The van der Waals surface area contributed by atoms with Gasteiger partial charge in [-0.25, -0.2) is 15.8 Å². The van der Waals surface area contributed by atoms with Crippen molar-refractivity contribution in [3.8, 4) is 0 Å². The number of aliphatic hydroxyl groups is 1. The molecule has 2 rings (SSSR count). The first-order valence-corrected chi connectivity index (χ1v) is 6.35. The number of hydrogen-bond donors (Lipinski definition) is 3. The topological polar surface area (TPSA) is 87.3 Å². The lowest BCUT2D eigenvalue weighted by Crippen LogP contribution is -2.44. The Bertz CT molecular complexity index is 411. The van der Waals surface area contributed by atoms with E-state index in [4.69, 9.17) is 5.84 Å². The molecule has 4 N–H and O–H groups in total. The van der Waals surface area contributed by atoms with Crippen molar-refractivity contribution in [1.29, 1.82) is 0 Å². The molecule has 18 heavy (non-hydrogen) atoms. The van der Waals surface area contributed by atoms with Gasteiger partial charge in [-0.3, -0.25) is 0 Å². The highest BCUT2D eigenvalue weighted by molar-refractivity contribution is 5.49. The van der Waals surface area contributed by atoms with Crippen LogP contribution in [0.2, 0.25) is 0 Å². The van der Waals surface area contributed by atoms with Gasteiger partial charge in [-0.1, -0.05) is 12.8 Å². The Morgan fingerprint density at radius 3 is 2.78 bits per heavy atom. The van der Waals surface area contributed by atoms with Crippen LogP contribution in [0.25, 0.3) is 0 Å². The van der Waals surface area contributed by atoms with E-state index in [1.165, 1.54) is 0 Å². The first-order valence-electron chi connectivity index (χ1n) is 6.35. The maximum Gasteiger partial charge on any atom is 0.145 e. The van der Waals surface area contributed by atoms with Gasteiger partial charge in [0.15, 0.2) is 0 Å². The molecule has 0 saturated heterocycles. The molecule has 0 spiro atoms. The number of anilines is 2. The van der Waals surface area contributed by atoms with Crippen molar-refractivity contribution >= 4 is 11.6 Å². The number of nitrogen functional groups attached to an aromatic ring is 1. The summed E-state index contributed by atoms with van der Waals surface area (Å²) in [5.41, 5.74) is 2.54. The van der Waals surface area contributed by atoms with Gasteiger partial charge >= 0.3 is 0 Å². The van der Waals surface area contributed by atoms with Crippen molar-refractivity contribution in [2.45, 2.75) is 44.8 Å². The zero-order chi connectivity index (χ0) is 13.1. The summed E-state index contributed by atoms with van der Waals surface area (Å²) in [5, 5.41) is 10.1. The van der Waals surface area contributed by atoms with Gasteiger partial charge in [-0.05, 0) is 19.8 Å². The fourth-order valence-electron chi connectivity index (χ4n) is 2.52. The molecule has 1 saturated carbocycles. The Balaban J connectivity index is 2.21. The molecule has 1 aromatic rings. The lowest BCUT2D eigenvalue weighted by Gasteiger charge is -2.36. The highest BCUT2D eigenvalue weighted by Crippen LogP contribution is 2.26. The zero-order valence-corrected chi connectivity index (χ0v) is 10.9. The van der Waals surface area contributed by atoms with Gasteiger partial charge in [0.2, 0.25) is 0 Å². The number of likely N-dealkylation sites (N-methyl/N-ethyl adjacent to an activating group) is 1. The average molecular weight is 251 g/mol. The third-order valence-electron chi connectivity index (χ3n) is 3.53. The van der Waals surface area contributed by atoms with Crippen LogP contribution in [0.4, 0.5) is 11.6 Å². The van der Waals surface area contributed by atoms with Crippen molar-refractivity contribution in [2.24, 2.45) is 5.84 Å². The molecule has 2 atom stereocenters. The van der Waals surface area contributed by atoms with Gasteiger partial charge in [0.25, 0.3) is 0 Å². The molecule has 1 heterocycles.